The second-order valence-corrected chi connectivity index (χ2v) is 4.77. The first kappa shape index (κ1) is 11.1. The van der Waals surface area contributed by atoms with Crippen LogP contribution < -0.4 is 0 Å². The van der Waals surface area contributed by atoms with Gasteiger partial charge in [-0.2, -0.15) is 0 Å². The molecule has 3 heteroatoms. The molecule has 86 valence electrons. The zero-order chi connectivity index (χ0) is 11.8. The van der Waals surface area contributed by atoms with Crippen LogP contribution in [0.5, 0.6) is 0 Å². The fourth-order valence-corrected chi connectivity index (χ4v) is 1.96. The third-order valence-electron chi connectivity index (χ3n) is 2.59. The summed E-state index contributed by atoms with van der Waals surface area (Å²) in [7, 11) is 0. The lowest BCUT2D eigenvalue weighted by Crippen LogP contribution is -2.27. The Balaban J connectivity index is 2.56. The van der Waals surface area contributed by atoms with E-state index in [0.717, 1.165) is 23.3 Å². The van der Waals surface area contributed by atoms with Crippen LogP contribution in [0.25, 0.3) is 11.0 Å². The van der Waals surface area contributed by atoms with Crippen LogP contribution in [0.2, 0.25) is 0 Å². The summed E-state index contributed by atoms with van der Waals surface area (Å²) in [5.74, 6) is 1.03. The summed E-state index contributed by atoms with van der Waals surface area (Å²) in [5.41, 5.74) is 1.39. The van der Waals surface area contributed by atoms with E-state index in [-0.39, 0.29) is 0 Å². The largest absolute Gasteiger partial charge is 0.389 e. The van der Waals surface area contributed by atoms with E-state index in [1.54, 1.807) is 0 Å². The van der Waals surface area contributed by atoms with Crippen LogP contribution >= 0.6 is 0 Å². The number of rotatable bonds is 3. The van der Waals surface area contributed by atoms with E-state index in [2.05, 4.69) is 16.5 Å². The Morgan fingerprint density at radius 3 is 2.62 bits per heavy atom. The van der Waals surface area contributed by atoms with Gasteiger partial charge < -0.3 is 9.67 Å². The van der Waals surface area contributed by atoms with Gasteiger partial charge in [0.2, 0.25) is 0 Å². The summed E-state index contributed by atoms with van der Waals surface area (Å²) in [5, 5.41) is 9.92. The van der Waals surface area contributed by atoms with E-state index in [4.69, 9.17) is 0 Å². The summed E-state index contributed by atoms with van der Waals surface area (Å²) in [6.45, 7) is 6.31. The number of benzene rings is 1. The molecule has 0 unspecified atom stereocenters. The van der Waals surface area contributed by atoms with Crippen LogP contribution in [0, 0.1) is 0 Å². The second-order valence-electron chi connectivity index (χ2n) is 4.77. The standard InChI is InChI=1S/C13H18N2O/c1-4-12-14-10-7-5-6-8-11(10)15(12)9-13(2,3)16/h5-8,16H,4,9H2,1-3H3. The number of aryl methyl sites for hydroxylation is 1. The number of nitrogens with zero attached hydrogens (tertiary/aromatic N) is 2. The van der Waals surface area contributed by atoms with Gasteiger partial charge in [-0.15, -0.1) is 0 Å². The molecule has 2 aromatic rings. The van der Waals surface area contributed by atoms with E-state index in [1.165, 1.54) is 0 Å². The molecule has 0 atom stereocenters. The number of aromatic nitrogens is 2. The van der Waals surface area contributed by atoms with E-state index in [0.29, 0.717) is 6.54 Å². The summed E-state index contributed by atoms with van der Waals surface area (Å²) in [6.07, 6.45) is 0.880. The molecule has 0 amide bonds. The van der Waals surface area contributed by atoms with Gasteiger partial charge in [0.05, 0.1) is 23.2 Å². The minimum Gasteiger partial charge on any atom is -0.389 e. The highest BCUT2D eigenvalue weighted by atomic mass is 16.3. The van der Waals surface area contributed by atoms with Gasteiger partial charge in [-0.3, -0.25) is 0 Å². The first-order chi connectivity index (χ1) is 7.51. The number of fused-ring (bicyclic) bond motifs is 1. The topological polar surface area (TPSA) is 38.0 Å². The van der Waals surface area contributed by atoms with Crippen molar-refractivity contribution in [3.63, 3.8) is 0 Å². The van der Waals surface area contributed by atoms with Gasteiger partial charge >= 0.3 is 0 Å². The van der Waals surface area contributed by atoms with Gasteiger partial charge in [0, 0.05) is 6.42 Å². The first-order valence-corrected chi connectivity index (χ1v) is 5.68. The normalized spacial score (nSPS) is 12.2. The van der Waals surface area contributed by atoms with Crippen LogP contribution in [-0.2, 0) is 13.0 Å². The molecule has 1 aromatic heterocycles. The maximum absolute atomic E-state index is 9.92. The van der Waals surface area contributed by atoms with Crippen molar-refractivity contribution in [3.8, 4) is 0 Å². The minimum absolute atomic E-state index is 0.580. The molecule has 0 saturated carbocycles. The molecule has 1 N–H and O–H groups in total. The molecule has 1 heterocycles. The minimum atomic E-state index is -0.715. The number of hydrogen-bond acceptors (Lipinski definition) is 2. The average Bonchev–Trinajstić information content (AvgIpc) is 2.55. The second kappa shape index (κ2) is 3.91. The lowest BCUT2D eigenvalue weighted by atomic mass is 10.1. The fraction of sp³-hybridized carbons (Fsp3) is 0.462. The molecule has 0 aliphatic carbocycles. The quantitative estimate of drug-likeness (QED) is 0.859. The predicted octanol–water partition coefficient (Wildman–Crippen LogP) is 2.37. The molecule has 3 nitrogen and oxygen atoms in total. The molecular weight excluding hydrogens is 200 g/mol. The highest BCUT2D eigenvalue weighted by molar-refractivity contribution is 5.75. The number of para-hydroxylation sites is 2. The maximum Gasteiger partial charge on any atom is 0.109 e. The van der Waals surface area contributed by atoms with Gasteiger partial charge in [0.25, 0.3) is 0 Å². The Morgan fingerprint density at radius 1 is 1.31 bits per heavy atom. The van der Waals surface area contributed by atoms with Crippen molar-refractivity contribution in [1.29, 1.82) is 0 Å². The molecule has 0 saturated heterocycles. The molecule has 0 spiro atoms. The first-order valence-electron chi connectivity index (χ1n) is 5.68. The van der Waals surface area contributed by atoms with Crippen molar-refractivity contribution < 1.29 is 5.11 Å². The zero-order valence-corrected chi connectivity index (χ0v) is 10.1. The predicted molar refractivity (Wildman–Crippen MR) is 65.4 cm³/mol. The molecule has 0 aliphatic rings. The van der Waals surface area contributed by atoms with E-state index in [9.17, 15) is 5.11 Å². The molecule has 0 bridgehead atoms. The lowest BCUT2D eigenvalue weighted by Gasteiger charge is -2.19. The Morgan fingerprint density at radius 2 is 2.00 bits per heavy atom. The van der Waals surface area contributed by atoms with Gasteiger partial charge in [0.15, 0.2) is 0 Å². The summed E-state index contributed by atoms with van der Waals surface area (Å²) in [4.78, 5) is 4.57. The van der Waals surface area contributed by atoms with Crippen molar-refractivity contribution in [2.45, 2.75) is 39.3 Å². The Kier molecular flexibility index (Phi) is 2.72. The Bertz CT molecular complexity index is 494. The SMILES string of the molecule is CCc1nc2ccccc2n1CC(C)(C)O. The van der Waals surface area contributed by atoms with E-state index in [1.807, 2.05) is 38.1 Å². The average molecular weight is 218 g/mol. The van der Waals surface area contributed by atoms with Crippen molar-refractivity contribution in [2.75, 3.05) is 0 Å². The fourth-order valence-electron chi connectivity index (χ4n) is 1.96. The lowest BCUT2D eigenvalue weighted by molar-refractivity contribution is 0.0618. The molecule has 0 radical (unpaired) electrons. The summed E-state index contributed by atoms with van der Waals surface area (Å²) < 4.78 is 2.11. The van der Waals surface area contributed by atoms with Crippen molar-refractivity contribution in [2.24, 2.45) is 0 Å². The Hall–Kier alpha value is -1.35. The zero-order valence-electron chi connectivity index (χ0n) is 10.1. The van der Waals surface area contributed by atoms with Gasteiger partial charge in [-0.1, -0.05) is 19.1 Å². The molecule has 16 heavy (non-hydrogen) atoms. The Labute approximate surface area is 95.7 Å². The van der Waals surface area contributed by atoms with Crippen molar-refractivity contribution in [3.05, 3.63) is 30.1 Å². The van der Waals surface area contributed by atoms with Crippen molar-refractivity contribution >= 4 is 11.0 Å². The van der Waals surface area contributed by atoms with Crippen LogP contribution in [0.15, 0.2) is 24.3 Å². The van der Waals surface area contributed by atoms with E-state index >= 15 is 0 Å². The van der Waals surface area contributed by atoms with Crippen LogP contribution in [0.1, 0.15) is 26.6 Å². The molecule has 1 aromatic carbocycles. The van der Waals surface area contributed by atoms with Crippen LogP contribution in [0.4, 0.5) is 0 Å². The molecule has 0 aliphatic heterocycles. The third-order valence-corrected chi connectivity index (χ3v) is 2.59. The van der Waals surface area contributed by atoms with E-state index < -0.39 is 5.60 Å². The smallest absolute Gasteiger partial charge is 0.109 e. The van der Waals surface area contributed by atoms with Crippen LogP contribution in [0.3, 0.4) is 0 Å². The van der Waals surface area contributed by atoms with Gasteiger partial charge in [-0.25, -0.2) is 4.98 Å². The molecular formula is C13H18N2O. The van der Waals surface area contributed by atoms with Gasteiger partial charge in [0.1, 0.15) is 5.82 Å². The summed E-state index contributed by atoms with van der Waals surface area (Å²) in [6, 6.07) is 8.05. The van der Waals surface area contributed by atoms with Gasteiger partial charge in [-0.05, 0) is 26.0 Å². The van der Waals surface area contributed by atoms with Crippen LogP contribution in [-0.4, -0.2) is 20.3 Å². The number of hydrogen-bond donors (Lipinski definition) is 1. The molecule has 2 rings (SSSR count). The summed E-state index contributed by atoms with van der Waals surface area (Å²) >= 11 is 0. The highest BCUT2D eigenvalue weighted by Gasteiger charge is 2.17. The highest BCUT2D eigenvalue weighted by Crippen LogP contribution is 2.19. The molecule has 0 fully saturated rings. The monoisotopic (exact) mass is 218 g/mol. The van der Waals surface area contributed by atoms with Crippen molar-refractivity contribution in [1.82, 2.24) is 9.55 Å². The number of imidazole rings is 1. The maximum atomic E-state index is 9.92. The number of aliphatic hydroxyl groups is 1. The third kappa shape index (κ3) is 2.09.